The van der Waals surface area contributed by atoms with Gasteiger partial charge in [0.1, 0.15) is 12.1 Å². The van der Waals surface area contributed by atoms with Gasteiger partial charge in [-0.25, -0.2) is 15.0 Å². The number of rotatable bonds is 4. The van der Waals surface area contributed by atoms with Crippen LogP contribution in [0, 0.1) is 0 Å². The van der Waals surface area contributed by atoms with Crippen LogP contribution in [0.15, 0.2) is 24.7 Å². The molecule has 0 amide bonds. The quantitative estimate of drug-likeness (QED) is 0.913. The topological polar surface area (TPSA) is 59.9 Å². The largest absolute Gasteiger partial charge is 0.481 e. The first-order chi connectivity index (χ1) is 9.17. The van der Waals surface area contributed by atoms with Gasteiger partial charge in [0.25, 0.3) is 0 Å². The van der Waals surface area contributed by atoms with Crippen LogP contribution in [0.25, 0.3) is 11.3 Å². The molecular formula is C14H18N4O. The van der Waals surface area contributed by atoms with E-state index in [-0.39, 0.29) is 0 Å². The summed E-state index contributed by atoms with van der Waals surface area (Å²) in [4.78, 5) is 12.9. The Hall–Kier alpha value is -2.17. The molecule has 2 rings (SSSR count). The van der Waals surface area contributed by atoms with Crippen LogP contribution in [0.1, 0.15) is 25.3 Å². The van der Waals surface area contributed by atoms with Gasteiger partial charge < -0.3 is 10.1 Å². The highest BCUT2D eigenvalue weighted by Gasteiger charge is 2.15. The molecule has 2 aromatic rings. The van der Waals surface area contributed by atoms with Crippen LogP contribution < -0.4 is 10.1 Å². The van der Waals surface area contributed by atoms with Gasteiger partial charge in [-0.15, -0.1) is 0 Å². The van der Waals surface area contributed by atoms with E-state index in [9.17, 15) is 0 Å². The van der Waals surface area contributed by atoms with Gasteiger partial charge in [0.15, 0.2) is 0 Å². The maximum absolute atomic E-state index is 5.07. The molecule has 19 heavy (non-hydrogen) atoms. The maximum Gasteiger partial charge on any atom is 0.212 e. The Morgan fingerprint density at radius 1 is 1.16 bits per heavy atom. The van der Waals surface area contributed by atoms with E-state index in [1.54, 1.807) is 19.6 Å². The number of hydrogen-bond donors (Lipinski definition) is 1. The van der Waals surface area contributed by atoms with Crippen LogP contribution >= 0.6 is 0 Å². The molecule has 0 aliphatic heterocycles. The summed E-state index contributed by atoms with van der Waals surface area (Å²) in [5.41, 5.74) is 2.96. The van der Waals surface area contributed by atoms with E-state index in [0.29, 0.717) is 11.8 Å². The fourth-order valence-electron chi connectivity index (χ4n) is 2.01. The summed E-state index contributed by atoms with van der Waals surface area (Å²) in [5, 5.41) is 3.11. The first kappa shape index (κ1) is 13.3. The van der Waals surface area contributed by atoms with Crippen molar-refractivity contribution in [2.45, 2.75) is 19.8 Å². The van der Waals surface area contributed by atoms with Crippen LogP contribution in [-0.4, -0.2) is 29.1 Å². The number of nitrogens with zero attached hydrogens (tertiary/aromatic N) is 3. The van der Waals surface area contributed by atoms with Gasteiger partial charge >= 0.3 is 0 Å². The third-order valence-electron chi connectivity index (χ3n) is 2.92. The van der Waals surface area contributed by atoms with Gasteiger partial charge in [-0.05, 0) is 12.0 Å². The molecule has 0 radical (unpaired) electrons. The van der Waals surface area contributed by atoms with Crippen molar-refractivity contribution in [3.05, 3.63) is 30.2 Å². The third kappa shape index (κ3) is 2.65. The summed E-state index contributed by atoms with van der Waals surface area (Å²) in [6, 6.07) is 3.79. The number of nitrogens with one attached hydrogen (secondary N) is 1. The smallest absolute Gasteiger partial charge is 0.212 e. The second-order valence-electron chi connectivity index (χ2n) is 4.48. The molecule has 2 aromatic heterocycles. The Labute approximate surface area is 113 Å². The zero-order valence-corrected chi connectivity index (χ0v) is 11.6. The number of anilines is 1. The Bertz CT molecular complexity index is 552. The maximum atomic E-state index is 5.07. The first-order valence-corrected chi connectivity index (χ1v) is 6.20. The van der Waals surface area contributed by atoms with Crippen molar-refractivity contribution < 1.29 is 4.74 Å². The van der Waals surface area contributed by atoms with Gasteiger partial charge in [0.05, 0.1) is 12.8 Å². The predicted octanol–water partition coefficient (Wildman–Crippen LogP) is 2.71. The lowest BCUT2D eigenvalue weighted by atomic mass is 9.98. The fourth-order valence-corrected chi connectivity index (χ4v) is 2.01. The lowest BCUT2D eigenvalue weighted by Gasteiger charge is -2.15. The van der Waals surface area contributed by atoms with Gasteiger partial charge in [-0.1, -0.05) is 13.8 Å². The van der Waals surface area contributed by atoms with Gasteiger partial charge in [0, 0.05) is 30.4 Å². The van der Waals surface area contributed by atoms with E-state index in [0.717, 1.165) is 22.6 Å². The summed E-state index contributed by atoms with van der Waals surface area (Å²) < 4.78 is 5.07. The van der Waals surface area contributed by atoms with E-state index >= 15 is 0 Å². The molecule has 5 heteroatoms. The number of hydrogen-bond acceptors (Lipinski definition) is 5. The fraction of sp³-hybridized carbons (Fsp3) is 0.357. The molecule has 0 saturated heterocycles. The number of methoxy groups -OCH3 is 1. The van der Waals surface area contributed by atoms with E-state index in [2.05, 4.69) is 34.1 Å². The summed E-state index contributed by atoms with van der Waals surface area (Å²) in [6.07, 6.45) is 3.34. The lowest BCUT2D eigenvalue weighted by Crippen LogP contribution is -2.04. The van der Waals surface area contributed by atoms with Crippen molar-refractivity contribution in [2.75, 3.05) is 19.5 Å². The molecule has 2 heterocycles. The minimum atomic E-state index is 0.320. The van der Waals surface area contributed by atoms with E-state index in [1.807, 2.05) is 19.2 Å². The number of aromatic nitrogens is 3. The average molecular weight is 258 g/mol. The second-order valence-corrected chi connectivity index (χ2v) is 4.48. The molecule has 0 saturated carbocycles. The lowest BCUT2D eigenvalue weighted by molar-refractivity contribution is 0.398. The highest BCUT2D eigenvalue weighted by Crippen LogP contribution is 2.31. The Kier molecular flexibility index (Phi) is 3.94. The van der Waals surface area contributed by atoms with Crippen LogP contribution in [0.2, 0.25) is 0 Å². The first-order valence-electron chi connectivity index (χ1n) is 6.20. The zero-order valence-electron chi connectivity index (χ0n) is 11.6. The summed E-state index contributed by atoms with van der Waals surface area (Å²) >= 11 is 0. The molecule has 100 valence electrons. The standard InChI is InChI=1S/C14H18N4O/c1-9(2)12-13(17-8-18-14(12)15-3)10-5-6-11(19-4)16-7-10/h5-9H,1-4H3,(H,15,17,18). The van der Waals surface area contributed by atoms with Crippen molar-refractivity contribution >= 4 is 5.82 Å². The van der Waals surface area contributed by atoms with Crippen LogP contribution in [0.4, 0.5) is 5.82 Å². The molecule has 0 fully saturated rings. The molecule has 0 spiro atoms. The molecule has 1 N–H and O–H groups in total. The molecule has 0 aromatic carbocycles. The van der Waals surface area contributed by atoms with Crippen molar-refractivity contribution in [2.24, 2.45) is 0 Å². The minimum absolute atomic E-state index is 0.320. The summed E-state index contributed by atoms with van der Waals surface area (Å²) in [6.45, 7) is 4.25. The Balaban J connectivity index is 2.54. The van der Waals surface area contributed by atoms with Crippen LogP contribution in [0.3, 0.4) is 0 Å². The van der Waals surface area contributed by atoms with E-state index < -0.39 is 0 Å². The van der Waals surface area contributed by atoms with Gasteiger partial charge in [-0.3, -0.25) is 0 Å². The normalized spacial score (nSPS) is 10.6. The van der Waals surface area contributed by atoms with E-state index in [1.165, 1.54) is 0 Å². The average Bonchev–Trinajstić information content (AvgIpc) is 2.46. The molecule has 0 unspecified atom stereocenters. The monoisotopic (exact) mass is 258 g/mol. The van der Waals surface area contributed by atoms with Crippen LogP contribution in [0.5, 0.6) is 5.88 Å². The van der Waals surface area contributed by atoms with Gasteiger partial charge in [-0.2, -0.15) is 0 Å². The SMILES string of the molecule is CNc1ncnc(-c2ccc(OC)nc2)c1C(C)C. The third-order valence-corrected chi connectivity index (χ3v) is 2.92. The predicted molar refractivity (Wildman–Crippen MR) is 75.5 cm³/mol. The van der Waals surface area contributed by atoms with Crippen LogP contribution in [-0.2, 0) is 0 Å². The Morgan fingerprint density at radius 3 is 2.47 bits per heavy atom. The van der Waals surface area contributed by atoms with E-state index in [4.69, 9.17) is 4.74 Å². The molecule has 5 nitrogen and oxygen atoms in total. The van der Waals surface area contributed by atoms with Crippen molar-refractivity contribution in [1.82, 2.24) is 15.0 Å². The molecular weight excluding hydrogens is 240 g/mol. The summed E-state index contributed by atoms with van der Waals surface area (Å²) in [5.74, 6) is 1.77. The minimum Gasteiger partial charge on any atom is -0.481 e. The van der Waals surface area contributed by atoms with Crippen molar-refractivity contribution in [3.63, 3.8) is 0 Å². The highest BCUT2D eigenvalue weighted by atomic mass is 16.5. The van der Waals surface area contributed by atoms with Crippen molar-refractivity contribution in [3.8, 4) is 17.1 Å². The zero-order chi connectivity index (χ0) is 13.8. The second kappa shape index (κ2) is 5.65. The van der Waals surface area contributed by atoms with Crippen molar-refractivity contribution in [1.29, 1.82) is 0 Å². The molecule has 0 atom stereocenters. The Morgan fingerprint density at radius 2 is 1.95 bits per heavy atom. The summed E-state index contributed by atoms with van der Waals surface area (Å²) in [7, 11) is 3.47. The number of pyridine rings is 1. The highest BCUT2D eigenvalue weighted by molar-refractivity contribution is 5.68. The number of ether oxygens (including phenoxy) is 1. The molecule has 0 aliphatic rings. The molecule has 0 bridgehead atoms. The van der Waals surface area contributed by atoms with Gasteiger partial charge in [0.2, 0.25) is 5.88 Å². The molecule has 0 aliphatic carbocycles.